The van der Waals surface area contributed by atoms with E-state index >= 15 is 0 Å². The lowest BCUT2D eigenvalue weighted by Crippen LogP contribution is -2.37. The van der Waals surface area contributed by atoms with E-state index in [9.17, 15) is 18.0 Å². The van der Waals surface area contributed by atoms with Crippen LogP contribution in [0.2, 0.25) is 0 Å². The topological polar surface area (TPSA) is 41.6 Å². The van der Waals surface area contributed by atoms with Gasteiger partial charge < -0.3 is 15.0 Å². The zero-order valence-electron chi connectivity index (χ0n) is 14.5. The van der Waals surface area contributed by atoms with Crippen LogP contribution in [0.15, 0.2) is 0 Å². The van der Waals surface area contributed by atoms with E-state index in [1.807, 2.05) is 27.7 Å². The van der Waals surface area contributed by atoms with Gasteiger partial charge in [-0.1, -0.05) is 0 Å². The van der Waals surface area contributed by atoms with Crippen LogP contribution >= 0.6 is 0 Å². The lowest BCUT2D eigenvalue weighted by atomic mass is 10.1. The second-order valence-electron chi connectivity index (χ2n) is 7.40. The third kappa shape index (κ3) is 9.03. The van der Waals surface area contributed by atoms with E-state index in [1.54, 1.807) is 4.90 Å². The molecule has 4 nitrogen and oxygen atoms in total. The second kappa shape index (κ2) is 8.22. The quantitative estimate of drug-likeness (QED) is 0.797. The maximum Gasteiger partial charge on any atom is 0.410 e. The van der Waals surface area contributed by atoms with Crippen molar-refractivity contribution in [2.45, 2.75) is 71.2 Å². The molecule has 0 aliphatic carbocycles. The fraction of sp³-hybridized carbons (Fsp3) is 0.938. The molecule has 1 saturated heterocycles. The normalized spacial score (nSPS) is 20.7. The third-order valence-electron chi connectivity index (χ3n) is 3.79. The van der Waals surface area contributed by atoms with Crippen LogP contribution in [0.1, 0.15) is 53.4 Å². The van der Waals surface area contributed by atoms with Crippen LogP contribution in [0.3, 0.4) is 0 Å². The van der Waals surface area contributed by atoms with Gasteiger partial charge in [0.1, 0.15) is 5.60 Å². The van der Waals surface area contributed by atoms with Crippen molar-refractivity contribution in [1.29, 1.82) is 0 Å². The third-order valence-corrected chi connectivity index (χ3v) is 3.79. The number of carbonyl (C=O) groups excluding carboxylic acids is 1. The first-order valence-corrected chi connectivity index (χ1v) is 8.24. The van der Waals surface area contributed by atoms with E-state index in [0.717, 1.165) is 6.42 Å². The van der Waals surface area contributed by atoms with E-state index in [1.165, 1.54) is 0 Å². The zero-order chi connectivity index (χ0) is 17.7. The molecule has 1 N–H and O–H groups in total. The number of likely N-dealkylation sites (tertiary alicyclic amines) is 1. The maximum absolute atomic E-state index is 12.1. The van der Waals surface area contributed by atoms with E-state index in [-0.39, 0.29) is 18.6 Å². The van der Waals surface area contributed by atoms with Gasteiger partial charge in [-0.25, -0.2) is 4.79 Å². The van der Waals surface area contributed by atoms with Crippen LogP contribution in [0.25, 0.3) is 0 Å². The number of carbonyl (C=O) groups is 1. The predicted octanol–water partition coefficient (Wildman–Crippen LogP) is 3.95. The molecular weight excluding hydrogens is 309 g/mol. The number of hydrogen-bond acceptors (Lipinski definition) is 3. The summed E-state index contributed by atoms with van der Waals surface area (Å²) in [6, 6.07) is 0.0490. The Hall–Kier alpha value is -0.980. The Kier molecular flexibility index (Phi) is 7.17. The Morgan fingerprint density at radius 2 is 2.00 bits per heavy atom. The average molecular weight is 338 g/mol. The van der Waals surface area contributed by atoms with Gasteiger partial charge in [0.05, 0.1) is 0 Å². The lowest BCUT2D eigenvalue weighted by Gasteiger charge is -2.24. The molecule has 0 aromatic heterocycles. The Morgan fingerprint density at radius 1 is 1.35 bits per heavy atom. The summed E-state index contributed by atoms with van der Waals surface area (Å²) in [6.45, 7) is 9.43. The highest BCUT2D eigenvalue weighted by Crippen LogP contribution is 2.23. The fourth-order valence-corrected chi connectivity index (χ4v) is 2.57. The number of amides is 1. The summed E-state index contributed by atoms with van der Waals surface area (Å²) < 4.78 is 41.7. The Balaban J connectivity index is 2.21. The predicted molar refractivity (Wildman–Crippen MR) is 83.3 cm³/mol. The molecule has 2 atom stereocenters. The first kappa shape index (κ1) is 20.1. The van der Waals surface area contributed by atoms with Crippen molar-refractivity contribution < 1.29 is 22.7 Å². The van der Waals surface area contributed by atoms with Gasteiger partial charge in [-0.3, -0.25) is 0 Å². The highest BCUT2D eigenvalue weighted by molar-refractivity contribution is 5.68. The number of alkyl halides is 3. The minimum atomic E-state index is -4.07. The smallest absolute Gasteiger partial charge is 0.410 e. The minimum Gasteiger partial charge on any atom is -0.444 e. The summed E-state index contributed by atoms with van der Waals surface area (Å²) in [5.41, 5.74) is -0.500. The zero-order valence-corrected chi connectivity index (χ0v) is 14.5. The van der Waals surface area contributed by atoms with Crippen LogP contribution in [-0.2, 0) is 4.74 Å². The van der Waals surface area contributed by atoms with Crippen molar-refractivity contribution in [1.82, 2.24) is 10.2 Å². The van der Waals surface area contributed by atoms with Gasteiger partial charge in [-0.2, -0.15) is 13.2 Å². The number of hydrogen-bond donors (Lipinski definition) is 1. The Morgan fingerprint density at radius 3 is 2.57 bits per heavy atom. The van der Waals surface area contributed by atoms with Gasteiger partial charge >= 0.3 is 12.3 Å². The number of rotatable bonds is 6. The van der Waals surface area contributed by atoms with E-state index in [4.69, 9.17) is 4.74 Å². The molecule has 1 rings (SSSR count). The number of nitrogens with zero attached hydrogens (tertiary/aromatic N) is 1. The van der Waals surface area contributed by atoms with E-state index in [2.05, 4.69) is 5.32 Å². The molecule has 1 amide bonds. The van der Waals surface area contributed by atoms with Crippen LogP contribution < -0.4 is 5.32 Å². The van der Waals surface area contributed by atoms with Crippen LogP contribution in [0.5, 0.6) is 0 Å². The SMILES string of the molecule is CC(CCCC(F)(F)F)NCC1CCN(C(=O)OC(C)(C)C)C1. The highest BCUT2D eigenvalue weighted by atomic mass is 19.4. The van der Waals surface area contributed by atoms with Crippen molar-refractivity contribution >= 4 is 6.09 Å². The molecule has 0 spiro atoms. The molecule has 0 bridgehead atoms. The molecule has 1 heterocycles. The first-order chi connectivity index (χ1) is 10.5. The number of halogens is 3. The summed E-state index contributed by atoms with van der Waals surface area (Å²) in [5, 5.41) is 3.27. The summed E-state index contributed by atoms with van der Waals surface area (Å²) in [4.78, 5) is 13.7. The molecule has 0 radical (unpaired) electrons. The van der Waals surface area contributed by atoms with Crippen LogP contribution in [-0.4, -0.2) is 48.4 Å². The molecule has 136 valence electrons. The molecule has 1 fully saturated rings. The first-order valence-electron chi connectivity index (χ1n) is 8.24. The van der Waals surface area contributed by atoms with Crippen molar-refractivity contribution in [2.75, 3.05) is 19.6 Å². The highest BCUT2D eigenvalue weighted by Gasteiger charge is 2.30. The van der Waals surface area contributed by atoms with Crippen molar-refractivity contribution in [3.05, 3.63) is 0 Å². The van der Waals surface area contributed by atoms with Gasteiger partial charge in [0, 0.05) is 25.6 Å². The maximum atomic E-state index is 12.1. The van der Waals surface area contributed by atoms with Crippen molar-refractivity contribution in [3.63, 3.8) is 0 Å². The molecule has 23 heavy (non-hydrogen) atoms. The van der Waals surface area contributed by atoms with Gasteiger partial charge in [0.15, 0.2) is 0 Å². The average Bonchev–Trinajstić information content (AvgIpc) is 2.81. The standard InChI is InChI=1S/C16H29F3N2O2/c1-12(6-5-8-16(17,18)19)20-10-13-7-9-21(11-13)14(22)23-15(2,3)4/h12-13,20H,5-11H2,1-4H3. The minimum absolute atomic E-state index is 0.0490. The largest absolute Gasteiger partial charge is 0.444 e. The number of ether oxygens (including phenoxy) is 1. The molecule has 0 aromatic rings. The van der Waals surface area contributed by atoms with Crippen molar-refractivity contribution in [2.24, 2.45) is 5.92 Å². The number of nitrogens with one attached hydrogen (secondary N) is 1. The van der Waals surface area contributed by atoms with Crippen molar-refractivity contribution in [3.8, 4) is 0 Å². The monoisotopic (exact) mass is 338 g/mol. The molecule has 0 saturated carbocycles. The molecule has 1 aliphatic heterocycles. The Labute approximate surface area is 136 Å². The summed E-state index contributed by atoms with van der Waals surface area (Å²) in [6.07, 6.45) is -3.55. The molecule has 1 aliphatic rings. The van der Waals surface area contributed by atoms with Gasteiger partial charge in [0.25, 0.3) is 0 Å². The van der Waals surface area contributed by atoms with Gasteiger partial charge in [-0.15, -0.1) is 0 Å². The molecular formula is C16H29F3N2O2. The van der Waals surface area contributed by atoms with E-state index < -0.39 is 18.2 Å². The van der Waals surface area contributed by atoms with Crippen LogP contribution in [0.4, 0.5) is 18.0 Å². The molecule has 7 heteroatoms. The second-order valence-corrected chi connectivity index (χ2v) is 7.40. The van der Waals surface area contributed by atoms with E-state index in [0.29, 0.717) is 32.0 Å². The molecule has 2 unspecified atom stereocenters. The summed E-state index contributed by atoms with van der Waals surface area (Å²) in [5.74, 6) is 0.326. The van der Waals surface area contributed by atoms with Gasteiger partial charge in [0.2, 0.25) is 0 Å². The lowest BCUT2D eigenvalue weighted by molar-refractivity contribution is -0.135. The van der Waals surface area contributed by atoms with Gasteiger partial charge in [-0.05, 0) is 59.4 Å². The van der Waals surface area contributed by atoms with Crippen LogP contribution in [0, 0.1) is 5.92 Å². The Bertz CT molecular complexity index is 381. The fourth-order valence-electron chi connectivity index (χ4n) is 2.57. The molecule has 0 aromatic carbocycles. The summed E-state index contributed by atoms with van der Waals surface area (Å²) >= 11 is 0. The summed E-state index contributed by atoms with van der Waals surface area (Å²) in [7, 11) is 0.